The van der Waals surface area contributed by atoms with Gasteiger partial charge in [0.1, 0.15) is 11.6 Å². The average Bonchev–Trinajstić information content (AvgIpc) is 1.45. The van der Waals surface area contributed by atoms with Crippen LogP contribution in [0.4, 0.5) is 0 Å². The molecular formula is C110H64N10. The zero-order valence-electron chi connectivity index (χ0n) is 64.4. The Hall–Kier alpha value is -16.7. The van der Waals surface area contributed by atoms with Gasteiger partial charge in [0, 0.05) is 114 Å². The van der Waals surface area contributed by atoms with Gasteiger partial charge in [-0.3, -0.25) is 0 Å². The topological polar surface area (TPSA) is 87.0 Å². The molecule has 0 aliphatic heterocycles. The van der Waals surface area contributed by atoms with Crippen molar-refractivity contribution in [2.75, 3.05) is 0 Å². The van der Waals surface area contributed by atoms with Gasteiger partial charge in [-0.2, -0.15) is 10.5 Å². The van der Waals surface area contributed by atoms with Gasteiger partial charge in [0.25, 0.3) is 0 Å². The second-order valence-corrected chi connectivity index (χ2v) is 31.6. The molecule has 10 heteroatoms. The molecular weight excluding hydrogens is 1460 g/mol. The van der Waals surface area contributed by atoms with Gasteiger partial charge in [0.15, 0.2) is 0 Å². The highest BCUT2D eigenvalue weighted by atomic mass is 15.1. The van der Waals surface area contributed by atoms with Gasteiger partial charge in [0.2, 0.25) is 0 Å². The Bertz CT molecular complexity index is 8390. The first-order valence-corrected chi connectivity index (χ1v) is 40.8. The standard InChI is InChI=1S/C110H64N10/c111-65-67-49-51-68(52-50-67)106-109(119-100-47-23-11-35-83(100)87-63-71(55-59-104(87)119)115-94-41-17-5-29-77(94)78-30-6-18-42-95(78)115)107(117-98-45-21-9-33-81(98)85-61-69(53-57-102(85)117)113-90-37-13-1-25-73(90)74-26-2-14-38-91(74)113)89(66-112)108(118-99-46-22-10-34-82(99)86-62-70(54-58-103(86)118)114-92-39-15-3-27-75(92)76-28-4-16-40-93(76)114)110(106)120-101-48-24-12-36-84(101)88-64-72(56-60-105(88)120)116-96-43-19-7-31-79(96)80-32-8-20-44-97(80)116/h1-64H. The van der Waals surface area contributed by atoms with Crippen LogP contribution in [0.5, 0.6) is 0 Å². The van der Waals surface area contributed by atoms with E-state index in [2.05, 4.69) is 425 Å². The summed E-state index contributed by atoms with van der Waals surface area (Å²) >= 11 is 0. The summed E-state index contributed by atoms with van der Waals surface area (Å²) in [4.78, 5) is 0. The van der Waals surface area contributed by atoms with E-state index in [0.717, 1.165) is 177 Å². The highest BCUT2D eigenvalue weighted by Gasteiger charge is 2.36. The minimum atomic E-state index is 0.432. The molecule has 0 atom stereocenters. The van der Waals surface area contributed by atoms with Crippen LogP contribution < -0.4 is 0 Å². The number of fused-ring (bicyclic) bond motifs is 24. The van der Waals surface area contributed by atoms with E-state index in [1.165, 1.54) is 43.1 Å². The Kier molecular flexibility index (Phi) is 13.6. The van der Waals surface area contributed by atoms with E-state index >= 15 is 0 Å². The van der Waals surface area contributed by atoms with Gasteiger partial charge < -0.3 is 36.5 Å². The molecule has 0 amide bonds. The third-order valence-electron chi connectivity index (χ3n) is 25.7. The molecule has 0 saturated heterocycles. The lowest BCUT2D eigenvalue weighted by Crippen LogP contribution is -2.16. The fraction of sp³-hybridized carbons (Fsp3) is 0. The number of nitrogens with zero attached hydrogens (tertiary/aromatic N) is 10. The molecule has 554 valence electrons. The molecule has 10 nitrogen and oxygen atoms in total. The molecule has 0 fully saturated rings. The van der Waals surface area contributed by atoms with E-state index in [4.69, 9.17) is 0 Å². The van der Waals surface area contributed by atoms with Gasteiger partial charge in [-0.25, -0.2) is 0 Å². The predicted octanol–water partition coefficient (Wildman–Crippen LogP) is 27.9. The fourth-order valence-corrected chi connectivity index (χ4v) is 20.8. The van der Waals surface area contributed by atoms with Gasteiger partial charge in [-0.15, -0.1) is 0 Å². The van der Waals surface area contributed by atoms with Crippen molar-refractivity contribution >= 4 is 174 Å². The Morgan fingerprint density at radius 3 is 0.550 bits per heavy atom. The smallest absolute Gasteiger partial charge is 0.104 e. The van der Waals surface area contributed by atoms with E-state index < -0.39 is 0 Å². The molecule has 0 aliphatic rings. The summed E-state index contributed by atoms with van der Waals surface area (Å²) in [5, 5.41) is 42.6. The average molecular weight is 1530 g/mol. The van der Waals surface area contributed by atoms with Crippen molar-refractivity contribution in [1.82, 2.24) is 36.5 Å². The summed E-state index contributed by atoms with van der Waals surface area (Å²) < 4.78 is 19.4. The fourth-order valence-electron chi connectivity index (χ4n) is 20.8. The highest BCUT2D eigenvalue weighted by molar-refractivity contribution is 6.21. The first kappa shape index (κ1) is 65.7. The number of rotatable bonds is 9. The van der Waals surface area contributed by atoms with Crippen LogP contribution in [0.2, 0.25) is 0 Å². The van der Waals surface area contributed by atoms with E-state index in [1.54, 1.807) is 0 Å². The molecule has 0 saturated carbocycles. The zero-order valence-corrected chi connectivity index (χ0v) is 64.4. The highest BCUT2D eigenvalue weighted by Crippen LogP contribution is 2.54. The van der Waals surface area contributed by atoms with Crippen LogP contribution in [0, 0.1) is 22.7 Å². The molecule has 0 bridgehead atoms. The lowest BCUT2D eigenvalue weighted by molar-refractivity contribution is 1.03. The van der Waals surface area contributed by atoms with E-state index in [9.17, 15) is 10.5 Å². The molecule has 0 spiro atoms. The van der Waals surface area contributed by atoms with Crippen molar-refractivity contribution in [3.8, 4) is 68.8 Å². The quantitative estimate of drug-likeness (QED) is 0.144. The van der Waals surface area contributed by atoms with Crippen LogP contribution in [0.1, 0.15) is 11.1 Å². The third-order valence-corrected chi connectivity index (χ3v) is 25.7. The lowest BCUT2D eigenvalue weighted by Gasteiger charge is -2.29. The van der Waals surface area contributed by atoms with Crippen molar-refractivity contribution in [3.63, 3.8) is 0 Å². The second-order valence-electron chi connectivity index (χ2n) is 31.6. The van der Waals surface area contributed by atoms with Crippen LogP contribution in [0.15, 0.2) is 388 Å². The first-order valence-electron chi connectivity index (χ1n) is 40.8. The summed E-state index contributed by atoms with van der Waals surface area (Å²) in [7, 11) is 0. The molecule has 0 unspecified atom stereocenters. The summed E-state index contributed by atoms with van der Waals surface area (Å²) in [5.74, 6) is 0. The van der Waals surface area contributed by atoms with E-state index in [1.807, 2.05) is 12.1 Å². The molecule has 8 aromatic heterocycles. The Morgan fingerprint density at radius 2 is 0.342 bits per heavy atom. The van der Waals surface area contributed by atoms with Gasteiger partial charge in [-0.05, 0) is 163 Å². The molecule has 0 radical (unpaired) electrons. The summed E-state index contributed by atoms with van der Waals surface area (Å²) in [6.07, 6.45) is 0. The van der Waals surface area contributed by atoms with E-state index in [0.29, 0.717) is 22.5 Å². The van der Waals surface area contributed by atoms with E-state index in [-0.39, 0.29) is 0 Å². The Balaban J connectivity index is 0.877. The largest absolute Gasteiger partial charge is 0.309 e. The van der Waals surface area contributed by atoms with Crippen LogP contribution in [-0.4, -0.2) is 36.5 Å². The van der Waals surface area contributed by atoms with Crippen molar-refractivity contribution in [1.29, 1.82) is 10.5 Å². The van der Waals surface area contributed by atoms with Gasteiger partial charge in [0.05, 0.1) is 123 Å². The molecule has 120 heavy (non-hydrogen) atoms. The molecule has 0 aliphatic carbocycles. The summed E-state index contributed by atoms with van der Waals surface area (Å²) in [6, 6.07) is 147. The number of nitriles is 2. The van der Waals surface area contributed by atoms with Crippen molar-refractivity contribution < 1.29 is 0 Å². The molecule has 26 rings (SSSR count). The van der Waals surface area contributed by atoms with Crippen molar-refractivity contribution in [3.05, 3.63) is 399 Å². The number of para-hydroxylation sites is 12. The lowest BCUT2D eigenvalue weighted by atomic mass is 9.93. The van der Waals surface area contributed by atoms with Crippen LogP contribution in [-0.2, 0) is 0 Å². The number of hydrogen-bond acceptors (Lipinski definition) is 2. The van der Waals surface area contributed by atoms with Crippen LogP contribution in [0.25, 0.3) is 231 Å². The maximum Gasteiger partial charge on any atom is 0.104 e. The molecule has 8 heterocycles. The minimum Gasteiger partial charge on any atom is -0.309 e. The summed E-state index contributed by atoms with van der Waals surface area (Å²) in [5.41, 5.74) is 25.8. The van der Waals surface area contributed by atoms with Crippen molar-refractivity contribution in [2.45, 2.75) is 0 Å². The van der Waals surface area contributed by atoms with Crippen molar-refractivity contribution in [2.24, 2.45) is 0 Å². The normalized spacial score (nSPS) is 12.2. The second kappa shape index (κ2) is 24.9. The Morgan fingerprint density at radius 1 is 0.158 bits per heavy atom. The first-order chi connectivity index (χ1) is 59.5. The number of benzene rings is 18. The van der Waals surface area contributed by atoms with Gasteiger partial charge >= 0.3 is 0 Å². The van der Waals surface area contributed by atoms with Crippen LogP contribution >= 0.6 is 0 Å². The predicted molar refractivity (Wildman–Crippen MR) is 496 cm³/mol. The monoisotopic (exact) mass is 1520 g/mol. The number of aromatic nitrogens is 8. The molecule has 26 aromatic rings. The SMILES string of the molecule is N#Cc1ccc(-c2c(-n3c4ccccc4c4cc(-n5c6ccccc6c6ccccc65)ccc43)c(-n3c4ccccc4c4cc(-n5c6ccccc6c6ccccc65)ccc43)c(C#N)c(-n3c4ccccc4c4cc(-n5c6ccccc6c6ccccc65)ccc43)c2-n2c3ccccc3c3cc(-n4c5ccccc5c5ccccc54)ccc32)cc1. The maximum atomic E-state index is 13.9. The van der Waals surface area contributed by atoms with Crippen LogP contribution in [0.3, 0.4) is 0 Å². The van der Waals surface area contributed by atoms with Gasteiger partial charge in [-0.1, -0.05) is 231 Å². The molecule has 18 aromatic carbocycles. The third kappa shape index (κ3) is 8.97. The number of hydrogen-bond donors (Lipinski definition) is 0. The summed E-state index contributed by atoms with van der Waals surface area (Å²) in [6.45, 7) is 0. The molecule has 0 N–H and O–H groups in total. The Labute approximate surface area is 685 Å². The maximum absolute atomic E-state index is 13.9. The minimum absolute atomic E-state index is 0.432. The zero-order chi connectivity index (χ0) is 78.7.